The summed E-state index contributed by atoms with van der Waals surface area (Å²) < 4.78 is 18.3. The van der Waals surface area contributed by atoms with Crippen LogP contribution < -0.4 is 10.1 Å². The Morgan fingerprint density at radius 2 is 1.92 bits per heavy atom. The Morgan fingerprint density at radius 1 is 1.16 bits per heavy atom. The van der Waals surface area contributed by atoms with E-state index in [-0.39, 0.29) is 12.4 Å². The molecule has 0 aliphatic heterocycles. The minimum Gasteiger partial charge on any atom is -0.482 e. The standard InChI is InChI=1S/C17H12Cl2FN3O2/c18-11-3-6-15(13(19)7-11)25-9-17(24)21-16-8-14(22-23-16)10-1-4-12(20)5-2-10/h1-8H,9H2,(H2,21,22,23,24). The number of anilines is 1. The van der Waals surface area contributed by atoms with E-state index in [2.05, 4.69) is 15.5 Å². The summed E-state index contributed by atoms with van der Waals surface area (Å²) in [7, 11) is 0. The molecule has 0 bridgehead atoms. The van der Waals surface area contributed by atoms with Gasteiger partial charge in [-0.05, 0) is 48.0 Å². The lowest BCUT2D eigenvalue weighted by atomic mass is 10.1. The average molecular weight is 380 g/mol. The van der Waals surface area contributed by atoms with Crippen LogP contribution in [0.5, 0.6) is 5.75 Å². The van der Waals surface area contributed by atoms with E-state index in [0.717, 1.165) is 5.56 Å². The highest BCUT2D eigenvalue weighted by Crippen LogP contribution is 2.27. The van der Waals surface area contributed by atoms with E-state index >= 15 is 0 Å². The van der Waals surface area contributed by atoms with Crippen LogP contribution in [-0.4, -0.2) is 22.7 Å². The minimum atomic E-state index is -0.400. The summed E-state index contributed by atoms with van der Waals surface area (Å²) >= 11 is 11.8. The number of benzene rings is 2. The Labute approximate surface area is 152 Å². The lowest BCUT2D eigenvalue weighted by Gasteiger charge is -2.07. The van der Waals surface area contributed by atoms with Crippen LogP contribution in [0.2, 0.25) is 10.0 Å². The smallest absolute Gasteiger partial charge is 0.263 e. The molecule has 3 rings (SSSR count). The zero-order valence-corrected chi connectivity index (χ0v) is 14.2. The molecule has 0 fully saturated rings. The van der Waals surface area contributed by atoms with Gasteiger partial charge in [-0.1, -0.05) is 23.2 Å². The van der Waals surface area contributed by atoms with E-state index in [0.29, 0.717) is 27.3 Å². The van der Waals surface area contributed by atoms with E-state index < -0.39 is 5.91 Å². The van der Waals surface area contributed by atoms with Crippen LogP contribution in [0.15, 0.2) is 48.5 Å². The molecule has 128 valence electrons. The van der Waals surface area contributed by atoms with Gasteiger partial charge >= 0.3 is 0 Å². The van der Waals surface area contributed by atoms with Gasteiger partial charge in [0.2, 0.25) is 0 Å². The minimum absolute atomic E-state index is 0.236. The lowest BCUT2D eigenvalue weighted by Crippen LogP contribution is -2.20. The Bertz CT molecular complexity index is 897. The van der Waals surface area contributed by atoms with Gasteiger partial charge in [-0.3, -0.25) is 9.89 Å². The fourth-order valence-corrected chi connectivity index (χ4v) is 2.54. The molecule has 5 nitrogen and oxygen atoms in total. The maximum Gasteiger partial charge on any atom is 0.263 e. The van der Waals surface area contributed by atoms with Crippen molar-refractivity contribution < 1.29 is 13.9 Å². The number of aromatic amines is 1. The van der Waals surface area contributed by atoms with Crippen LogP contribution in [0, 0.1) is 5.82 Å². The summed E-state index contributed by atoms with van der Waals surface area (Å²) in [6, 6.07) is 12.3. The molecule has 0 radical (unpaired) electrons. The fraction of sp³-hybridized carbons (Fsp3) is 0.0588. The Kier molecular flexibility index (Phi) is 5.21. The van der Waals surface area contributed by atoms with Crippen molar-refractivity contribution in [3.63, 3.8) is 0 Å². The second-order valence-corrected chi connectivity index (χ2v) is 5.93. The number of hydrogen-bond donors (Lipinski definition) is 2. The number of H-pyrrole nitrogens is 1. The van der Waals surface area contributed by atoms with Crippen LogP contribution in [0.4, 0.5) is 10.2 Å². The zero-order chi connectivity index (χ0) is 17.8. The molecule has 0 spiro atoms. The highest BCUT2D eigenvalue weighted by atomic mass is 35.5. The summed E-state index contributed by atoms with van der Waals surface area (Å²) in [5.41, 5.74) is 1.40. The molecule has 0 atom stereocenters. The summed E-state index contributed by atoms with van der Waals surface area (Å²) in [4.78, 5) is 11.9. The molecule has 25 heavy (non-hydrogen) atoms. The first-order valence-corrected chi connectivity index (χ1v) is 7.96. The number of halogens is 3. The summed E-state index contributed by atoms with van der Waals surface area (Å²) in [6.07, 6.45) is 0. The van der Waals surface area contributed by atoms with Crippen molar-refractivity contribution in [1.82, 2.24) is 10.2 Å². The number of nitrogens with zero attached hydrogens (tertiary/aromatic N) is 1. The van der Waals surface area contributed by atoms with E-state index in [1.54, 1.807) is 30.3 Å². The molecular formula is C17H12Cl2FN3O2. The Balaban J connectivity index is 1.59. The van der Waals surface area contributed by atoms with Crippen molar-refractivity contribution in [2.24, 2.45) is 0 Å². The van der Waals surface area contributed by atoms with Gasteiger partial charge in [-0.15, -0.1) is 0 Å². The molecule has 8 heteroatoms. The third-order valence-electron chi connectivity index (χ3n) is 3.25. The summed E-state index contributed by atoms with van der Waals surface area (Å²) in [6.45, 7) is -0.236. The van der Waals surface area contributed by atoms with Crippen LogP contribution in [0.3, 0.4) is 0 Å². The van der Waals surface area contributed by atoms with Gasteiger partial charge in [-0.25, -0.2) is 4.39 Å². The highest BCUT2D eigenvalue weighted by Gasteiger charge is 2.10. The van der Waals surface area contributed by atoms with Crippen LogP contribution in [0.25, 0.3) is 11.3 Å². The molecule has 1 aromatic heterocycles. The van der Waals surface area contributed by atoms with Gasteiger partial charge in [0.1, 0.15) is 11.6 Å². The third kappa shape index (κ3) is 4.49. The Hall–Kier alpha value is -2.57. The highest BCUT2D eigenvalue weighted by molar-refractivity contribution is 6.35. The molecule has 0 aliphatic carbocycles. The second kappa shape index (κ2) is 7.55. The maximum atomic E-state index is 12.9. The van der Waals surface area contributed by atoms with Crippen molar-refractivity contribution >= 4 is 34.9 Å². The van der Waals surface area contributed by atoms with Crippen LogP contribution in [0.1, 0.15) is 0 Å². The number of aromatic nitrogens is 2. The normalized spacial score (nSPS) is 10.5. The van der Waals surface area contributed by atoms with Crippen molar-refractivity contribution in [1.29, 1.82) is 0 Å². The molecule has 1 heterocycles. The van der Waals surface area contributed by atoms with Gasteiger partial charge in [0, 0.05) is 11.1 Å². The summed E-state index contributed by atoms with van der Waals surface area (Å²) in [5, 5.41) is 10.2. The molecule has 0 saturated carbocycles. The van der Waals surface area contributed by atoms with Gasteiger partial charge in [0.05, 0.1) is 10.7 Å². The van der Waals surface area contributed by atoms with Crippen LogP contribution >= 0.6 is 23.2 Å². The molecule has 2 aromatic carbocycles. The monoisotopic (exact) mass is 379 g/mol. The number of ether oxygens (including phenoxy) is 1. The summed E-state index contributed by atoms with van der Waals surface area (Å²) in [5.74, 6) is -0.0386. The lowest BCUT2D eigenvalue weighted by molar-refractivity contribution is -0.118. The third-order valence-corrected chi connectivity index (χ3v) is 3.78. The number of rotatable bonds is 5. The number of carbonyl (C=O) groups is 1. The molecule has 0 unspecified atom stereocenters. The number of amides is 1. The number of hydrogen-bond acceptors (Lipinski definition) is 3. The maximum absolute atomic E-state index is 12.9. The largest absolute Gasteiger partial charge is 0.482 e. The van der Waals surface area contributed by atoms with Gasteiger partial charge in [0.15, 0.2) is 12.4 Å². The predicted molar refractivity (Wildman–Crippen MR) is 94.6 cm³/mol. The molecule has 1 amide bonds. The average Bonchev–Trinajstić information content (AvgIpc) is 3.03. The quantitative estimate of drug-likeness (QED) is 0.683. The van der Waals surface area contributed by atoms with Crippen molar-refractivity contribution in [2.75, 3.05) is 11.9 Å². The molecule has 3 aromatic rings. The Morgan fingerprint density at radius 3 is 2.64 bits per heavy atom. The van der Waals surface area contributed by atoms with Crippen molar-refractivity contribution in [3.05, 3.63) is 64.4 Å². The first-order chi connectivity index (χ1) is 12.0. The topological polar surface area (TPSA) is 67.0 Å². The molecule has 2 N–H and O–H groups in total. The van der Waals surface area contributed by atoms with Crippen molar-refractivity contribution in [2.45, 2.75) is 0 Å². The van der Waals surface area contributed by atoms with E-state index in [1.165, 1.54) is 18.2 Å². The molecule has 0 saturated heterocycles. The zero-order valence-electron chi connectivity index (χ0n) is 12.7. The second-order valence-electron chi connectivity index (χ2n) is 5.09. The van der Waals surface area contributed by atoms with Gasteiger partial charge < -0.3 is 10.1 Å². The SMILES string of the molecule is O=C(COc1ccc(Cl)cc1Cl)Nc1cc(-c2ccc(F)cc2)[nH]n1. The predicted octanol–water partition coefficient (Wildman–Crippen LogP) is 4.54. The van der Waals surface area contributed by atoms with Crippen molar-refractivity contribution in [3.8, 4) is 17.0 Å². The van der Waals surface area contributed by atoms with Gasteiger partial charge in [0.25, 0.3) is 5.91 Å². The molecule has 0 aliphatic rings. The van der Waals surface area contributed by atoms with E-state index in [4.69, 9.17) is 27.9 Å². The first-order valence-electron chi connectivity index (χ1n) is 7.20. The van der Waals surface area contributed by atoms with Gasteiger partial charge in [-0.2, -0.15) is 5.10 Å². The number of carbonyl (C=O) groups excluding carboxylic acids is 1. The molecular weight excluding hydrogens is 368 g/mol. The number of nitrogens with one attached hydrogen (secondary N) is 2. The van der Waals surface area contributed by atoms with Crippen LogP contribution in [-0.2, 0) is 4.79 Å². The first kappa shape index (κ1) is 17.3. The van der Waals surface area contributed by atoms with E-state index in [1.807, 2.05) is 0 Å². The van der Waals surface area contributed by atoms with E-state index in [9.17, 15) is 9.18 Å². The fourth-order valence-electron chi connectivity index (χ4n) is 2.08.